The molecule has 0 bridgehead atoms. The van der Waals surface area contributed by atoms with Crippen molar-refractivity contribution in [2.24, 2.45) is 0 Å². The molecule has 0 saturated heterocycles. The summed E-state index contributed by atoms with van der Waals surface area (Å²) in [6.07, 6.45) is 0.939. The SMILES string of the molecule is CCc1ccc(NC(=O)c2cccc(C(=O)N(C)c3ccccc3)n2)cc1. The summed E-state index contributed by atoms with van der Waals surface area (Å²) in [5, 5.41) is 2.81. The molecule has 3 aromatic rings. The first-order chi connectivity index (χ1) is 13.1. The number of amides is 2. The first-order valence-electron chi connectivity index (χ1n) is 8.79. The van der Waals surface area contributed by atoms with Crippen molar-refractivity contribution in [1.82, 2.24) is 4.98 Å². The number of carbonyl (C=O) groups excluding carboxylic acids is 2. The second kappa shape index (κ2) is 8.27. The normalized spacial score (nSPS) is 10.3. The van der Waals surface area contributed by atoms with Gasteiger partial charge in [0.1, 0.15) is 11.4 Å². The van der Waals surface area contributed by atoms with Gasteiger partial charge in [-0.3, -0.25) is 9.59 Å². The van der Waals surface area contributed by atoms with E-state index in [1.54, 1.807) is 25.2 Å². The third kappa shape index (κ3) is 4.39. The van der Waals surface area contributed by atoms with Crippen molar-refractivity contribution in [2.75, 3.05) is 17.3 Å². The molecule has 0 unspecified atom stereocenters. The van der Waals surface area contributed by atoms with Crippen LogP contribution < -0.4 is 10.2 Å². The van der Waals surface area contributed by atoms with Gasteiger partial charge >= 0.3 is 0 Å². The van der Waals surface area contributed by atoms with Crippen molar-refractivity contribution in [3.8, 4) is 0 Å². The van der Waals surface area contributed by atoms with Crippen molar-refractivity contribution in [3.05, 3.63) is 89.7 Å². The summed E-state index contributed by atoms with van der Waals surface area (Å²) in [4.78, 5) is 30.9. The van der Waals surface area contributed by atoms with Crippen LogP contribution >= 0.6 is 0 Å². The highest BCUT2D eigenvalue weighted by Gasteiger charge is 2.17. The standard InChI is InChI=1S/C22H21N3O2/c1-3-16-12-14-17(15-13-16)23-21(26)19-10-7-11-20(24-19)22(27)25(2)18-8-5-4-6-9-18/h4-15H,3H2,1-2H3,(H,23,26). The maximum atomic E-state index is 12.7. The van der Waals surface area contributed by atoms with Crippen LogP contribution in [0, 0.1) is 0 Å². The highest BCUT2D eigenvalue weighted by Crippen LogP contribution is 2.15. The van der Waals surface area contributed by atoms with E-state index in [0.29, 0.717) is 5.69 Å². The van der Waals surface area contributed by atoms with Crippen LogP contribution in [0.4, 0.5) is 11.4 Å². The van der Waals surface area contributed by atoms with Gasteiger partial charge in [0.2, 0.25) is 0 Å². The Morgan fingerprint density at radius 1 is 0.889 bits per heavy atom. The molecule has 0 saturated carbocycles. The van der Waals surface area contributed by atoms with Crippen LogP contribution in [0.2, 0.25) is 0 Å². The number of rotatable bonds is 5. The predicted molar refractivity (Wildman–Crippen MR) is 107 cm³/mol. The minimum absolute atomic E-state index is 0.196. The van der Waals surface area contributed by atoms with Gasteiger partial charge in [-0.1, -0.05) is 43.3 Å². The Labute approximate surface area is 158 Å². The average molecular weight is 359 g/mol. The van der Waals surface area contributed by atoms with E-state index in [-0.39, 0.29) is 23.2 Å². The molecule has 0 fully saturated rings. The molecule has 27 heavy (non-hydrogen) atoms. The largest absolute Gasteiger partial charge is 0.321 e. The van der Waals surface area contributed by atoms with Crippen LogP contribution in [0.5, 0.6) is 0 Å². The number of pyridine rings is 1. The zero-order valence-electron chi connectivity index (χ0n) is 15.3. The Bertz CT molecular complexity index is 937. The van der Waals surface area contributed by atoms with Gasteiger partial charge in [-0.2, -0.15) is 0 Å². The Kier molecular flexibility index (Phi) is 5.61. The third-order valence-electron chi connectivity index (χ3n) is 4.27. The molecule has 1 aromatic heterocycles. The summed E-state index contributed by atoms with van der Waals surface area (Å²) < 4.78 is 0. The molecule has 0 aliphatic carbocycles. The molecule has 0 atom stereocenters. The summed E-state index contributed by atoms with van der Waals surface area (Å²) in [5.41, 5.74) is 3.06. The number of aromatic nitrogens is 1. The molecule has 0 aliphatic rings. The van der Waals surface area contributed by atoms with Gasteiger partial charge in [-0.25, -0.2) is 4.98 Å². The molecule has 1 heterocycles. The number of nitrogens with zero attached hydrogens (tertiary/aromatic N) is 2. The van der Waals surface area contributed by atoms with E-state index in [2.05, 4.69) is 17.2 Å². The zero-order chi connectivity index (χ0) is 19.2. The summed E-state index contributed by atoms with van der Waals surface area (Å²) in [7, 11) is 1.68. The number of carbonyl (C=O) groups is 2. The highest BCUT2D eigenvalue weighted by molar-refractivity contribution is 6.06. The summed E-state index contributed by atoms with van der Waals surface area (Å²) >= 11 is 0. The van der Waals surface area contributed by atoms with E-state index in [1.807, 2.05) is 54.6 Å². The molecule has 136 valence electrons. The van der Waals surface area contributed by atoms with Gasteiger partial charge in [0, 0.05) is 18.4 Å². The van der Waals surface area contributed by atoms with Crippen LogP contribution in [-0.4, -0.2) is 23.8 Å². The van der Waals surface area contributed by atoms with Gasteiger partial charge in [-0.15, -0.1) is 0 Å². The number of aryl methyl sites for hydroxylation is 1. The lowest BCUT2D eigenvalue weighted by Gasteiger charge is -2.17. The van der Waals surface area contributed by atoms with Crippen LogP contribution in [-0.2, 0) is 6.42 Å². The fourth-order valence-electron chi connectivity index (χ4n) is 2.64. The van der Waals surface area contributed by atoms with E-state index < -0.39 is 0 Å². The molecule has 0 radical (unpaired) electrons. The maximum absolute atomic E-state index is 12.7. The fraction of sp³-hybridized carbons (Fsp3) is 0.136. The topological polar surface area (TPSA) is 62.3 Å². The van der Waals surface area contributed by atoms with Crippen molar-refractivity contribution in [3.63, 3.8) is 0 Å². The molecule has 3 rings (SSSR count). The number of anilines is 2. The summed E-state index contributed by atoms with van der Waals surface area (Å²) in [6.45, 7) is 2.08. The monoisotopic (exact) mass is 359 g/mol. The van der Waals surface area contributed by atoms with Gasteiger partial charge in [-0.05, 0) is 48.4 Å². The Morgan fingerprint density at radius 2 is 1.56 bits per heavy atom. The maximum Gasteiger partial charge on any atom is 0.276 e. The number of benzene rings is 2. The lowest BCUT2D eigenvalue weighted by atomic mass is 10.1. The van der Waals surface area contributed by atoms with E-state index in [1.165, 1.54) is 10.5 Å². The van der Waals surface area contributed by atoms with Gasteiger partial charge < -0.3 is 10.2 Å². The molecule has 2 aromatic carbocycles. The summed E-state index contributed by atoms with van der Waals surface area (Å²) in [5.74, 6) is -0.626. The van der Waals surface area contributed by atoms with Crippen molar-refractivity contribution < 1.29 is 9.59 Å². The molecule has 5 nitrogen and oxygen atoms in total. The smallest absolute Gasteiger partial charge is 0.276 e. The molecular weight excluding hydrogens is 338 g/mol. The molecule has 5 heteroatoms. The van der Waals surface area contributed by atoms with Crippen LogP contribution in [0.1, 0.15) is 33.5 Å². The van der Waals surface area contributed by atoms with Gasteiger partial charge in [0.05, 0.1) is 0 Å². The third-order valence-corrected chi connectivity index (χ3v) is 4.27. The van der Waals surface area contributed by atoms with E-state index >= 15 is 0 Å². The predicted octanol–water partition coefficient (Wildman–Crippen LogP) is 4.17. The number of hydrogen-bond acceptors (Lipinski definition) is 3. The van der Waals surface area contributed by atoms with E-state index in [9.17, 15) is 9.59 Å². The van der Waals surface area contributed by atoms with Gasteiger partial charge in [0.25, 0.3) is 11.8 Å². The van der Waals surface area contributed by atoms with Crippen LogP contribution in [0.3, 0.4) is 0 Å². The Hall–Kier alpha value is -3.47. The molecular formula is C22H21N3O2. The zero-order valence-corrected chi connectivity index (χ0v) is 15.3. The average Bonchev–Trinajstić information content (AvgIpc) is 2.74. The minimum Gasteiger partial charge on any atom is -0.321 e. The van der Waals surface area contributed by atoms with Crippen molar-refractivity contribution in [2.45, 2.75) is 13.3 Å². The molecule has 1 N–H and O–H groups in total. The molecule has 2 amide bonds. The first kappa shape index (κ1) is 18.3. The molecule has 0 aliphatic heterocycles. The van der Waals surface area contributed by atoms with E-state index in [0.717, 1.165) is 12.1 Å². The second-order valence-electron chi connectivity index (χ2n) is 6.11. The van der Waals surface area contributed by atoms with Crippen LogP contribution in [0.25, 0.3) is 0 Å². The lowest BCUT2D eigenvalue weighted by molar-refractivity contribution is 0.0988. The second-order valence-corrected chi connectivity index (χ2v) is 6.11. The Balaban J connectivity index is 1.76. The lowest BCUT2D eigenvalue weighted by Crippen LogP contribution is -2.27. The quantitative estimate of drug-likeness (QED) is 0.743. The van der Waals surface area contributed by atoms with Crippen molar-refractivity contribution in [1.29, 1.82) is 0 Å². The summed E-state index contributed by atoms with van der Waals surface area (Å²) in [6, 6.07) is 21.8. The number of para-hydroxylation sites is 1. The number of nitrogens with one attached hydrogen (secondary N) is 1. The number of hydrogen-bond donors (Lipinski definition) is 1. The minimum atomic E-state index is -0.351. The Morgan fingerprint density at radius 3 is 2.22 bits per heavy atom. The highest BCUT2D eigenvalue weighted by atomic mass is 16.2. The van der Waals surface area contributed by atoms with Gasteiger partial charge in [0.15, 0.2) is 0 Å². The fourth-order valence-corrected chi connectivity index (χ4v) is 2.64. The first-order valence-corrected chi connectivity index (χ1v) is 8.79. The van der Waals surface area contributed by atoms with Crippen molar-refractivity contribution >= 4 is 23.2 Å². The van der Waals surface area contributed by atoms with E-state index in [4.69, 9.17) is 0 Å². The van der Waals surface area contributed by atoms with Crippen LogP contribution in [0.15, 0.2) is 72.8 Å². The molecule has 0 spiro atoms.